The highest BCUT2D eigenvalue weighted by atomic mass is 16.4. The van der Waals surface area contributed by atoms with Crippen molar-refractivity contribution in [3.63, 3.8) is 0 Å². The van der Waals surface area contributed by atoms with Gasteiger partial charge in [0.15, 0.2) is 0 Å². The first kappa shape index (κ1) is 33.2. The van der Waals surface area contributed by atoms with Crippen LogP contribution in [0.5, 0.6) is 0 Å². The predicted octanol–water partition coefficient (Wildman–Crippen LogP) is -3.19. The summed E-state index contributed by atoms with van der Waals surface area (Å²) in [6.45, 7) is 6.42. The van der Waals surface area contributed by atoms with E-state index < -0.39 is 84.5 Å². The molecule has 0 aromatic heterocycles. The molecule has 0 saturated carbocycles. The first-order chi connectivity index (χ1) is 17.1. The third-order valence-corrected chi connectivity index (χ3v) is 5.58. The fourth-order valence-corrected chi connectivity index (χ4v) is 3.05. The standard InChI is InChI=1S/C22H39N7O8/c1-5-11(4)17(25)20(34)26-9-16(32)29-18(10(2)3)21(35)28-13(8-15(24)31)19(33)27-12(22(36)37)6-7-14(23)30/h10-13,17-18H,5-9,25H2,1-4H3,(H2,23,30)(H2,24,31)(H,26,34)(H,27,33)(H,28,35)(H,29,32)(H,36,37)/t11-,12-,13-,17-,18-/m0/s1. The van der Waals surface area contributed by atoms with Crippen LogP contribution in [0, 0.1) is 11.8 Å². The summed E-state index contributed by atoms with van der Waals surface area (Å²) in [6, 6.07) is -5.07. The molecule has 6 amide bonds. The van der Waals surface area contributed by atoms with Gasteiger partial charge in [0.1, 0.15) is 18.1 Å². The van der Waals surface area contributed by atoms with E-state index in [9.17, 15) is 38.7 Å². The van der Waals surface area contributed by atoms with Gasteiger partial charge in [-0.1, -0.05) is 34.1 Å². The maximum atomic E-state index is 12.9. The molecular formula is C22H39N7O8. The van der Waals surface area contributed by atoms with Crippen molar-refractivity contribution in [2.24, 2.45) is 29.0 Å². The van der Waals surface area contributed by atoms with Crippen LogP contribution in [0.4, 0.5) is 0 Å². The van der Waals surface area contributed by atoms with E-state index in [0.717, 1.165) is 0 Å². The molecule has 0 aromatic rings. The van der Waals surface area contributed by atoms with Crippen LogP contribution in [0.15, 0.2) is 0 Å². The summed E-state index contributed by atoms with van der Waals surface area (Å²) in [5, 5.41) is 18.5. The number of carboxylic acids is 1. The summed E-state index contributed by atoms with van der Waals surface area (Å²) < 4.78 is 0. The second-order valence-electron chi connectivity index (χ2n) is 9.05. The molecule has 0 aliphatic heterocycles. The Kier molecular flexibility index (Phi) is 14.5. The summed E-state index contributed by atoms with van der Waals surface area (Å²) in [4.78, 5) is 83.8. The van der Waals surface area contributed by atoms with E-state index in [0.29, 0.717) is 6.42 Å². The summed E-state index contributed by atoms with van der Waals surface area (Å²) in [5.74, 6) is -6.92. The van der Waals surface area contributed by atoms with Gasteiger partial charge in [-0.2, -0.15) is 0 Å². The van der Waals surface area contributed by atoms with E-state index in [1.807, 2.05) is 6.92 Å². The highest BCUT2D eigenvalue weighted by Crippen LogP contribution is 2.06. The van der Waals surface area contributed by atoms with Gasteiger partial charge >= 0.3 is 5.97 Å². The van der Waals surface area contributed by atoms with Gasteiger partial charge in [-0.05, 0) is 18.3 Å². The summed E-state index contributed by atoms with van der Waals surface area (Å²) in [6.07, 6.45) is -0.647. The number of hydrogen-bond donors (Lipinski definition) is 8. The van der Waals surface area contributed by atoms with E-state index in [-0.39, 0.29) is 18.8 Å². The van der Waals surface area contributed by atoms with Crippen molar-refractivity contribution >= 4 is 41.4 Å². The van der Waals surface area contributed by atoms with Crippen molar-refractivity contribution in [3.05, 3.63) is 0 Å². The molecule has 210 valence electrons. The normalized spacial score (nSPS) is 14.9. The van der Waals surface area contributed by atoms with E-state index >= 15 is 0 Å². The average molecular weight is 530 g/mol. The number of carbonyl (C=O) groups excluding carboxylic acids is 6. The average Bonchev–Trinajstić information content (AvgIpc) is 2.80. The van der Waals surface area contributed by atoms with Crippen molar-refractivity contribution in [2.75, 3.05) is 6.54 Å². The predicted molar refractivity (Wildman–Crippen MR) is 131 cm³/mol. The summed E-state index contributed by atoms with van der Waals surface area (Å²) in [5.41, 5.74) is 16.0. The van der Waals surface area contributed by atoms with Gasteiger partial charge in [0.25, 0.3) is 0 Å². The number of hydrogen-bond acceptors (Lipinski definition) is 8. The molecule has 0 aliphatic carbocycles. The number of carbonyl (C=O) groups is 7. The first-order valence-corrected chi connectivity index (χ1v) is 11.8. The molecule has 0 unspecified atom stereocenters. The Labute approximate surface area is 215 Å². The fraction of sp³-hybridized carbons (Fsp3) is 0.682. The van der Waals surface area contributed by atoms with Gasteiger partial charge in [-0.25, -0.2) is 4.79 Å². The minimum Gasteiger partial charge on any atom is -0.480 e. The molecule has 0 aliphatic rings. The highest BCUT2D eigenvalue weighted by molar-refractivity contribution is 5.96. The Balaban J connectivity index is 5.35. The van der Waals surface area contributed by atoms with Crippen LogP contribution >= 0.6 is 0 Å². The van der Waals surface area contributed by atoms with Gasteiger partial charge in [0, 0.05) is 6.42 Å². The van der Waals surface area contributed by atoms with Gasteiger partial charge in [0.2, 0.25) is 35.4 Å². The molecule has 0 saturated heterocycles. The minimum atomic E-state index is -1.56. The molecular weight excluding hydrogens is 490 g/mol. The van der Waals surface area contributed by atoms with Crippen LogP contribution in [-0.4, -0.2) is 77.2 Å². The Bertz CT molecular complexity index is 864. The molecule has 5 atom stereocenters. The second-order valence-corrected chi connectivity index (χ2v) is 9.05. The van der Waals surface area contributed by atoms with Crippen LogP contribution in [0.3, 0.4) is 0 Å². The van der Waals surface area contributed by atoms with Crippen LogP contribution in [0.25, 0.3) is 0 Å². The molecule has 0 rings (SSSR count). The van der Waals surface area contributed by atoms with Crippen LogP contribution in [0.2, 0.25) is 0 Å². The minimum absolute atomic E-state index is 0.109. The molecule has 0 bridgehead atoms. The van der Waals surface area contributed by atoms with Crippen LogP contribution in [-0.2, 0) is 33.6 Å². The van der Waals surface area contributed by atoms with Gasteiger partial charge in [-0.15, -0.1) is 0 Å². The van der Waals surface area contributed by atoms with Crippen molar-refractivity contribution in [1.82, 2.24) is 21.3 Å². The number of nitrogens with two attached hydrogens (primary N) is 3. The highest BCUT2D eigenvalue weighted by Gasteiger charge is 2.32. The Morgan fingerprint density at radius 2 is 1.38 bits per heavy atom. The molecule has 0 spiro atoms. The molecule has 0 fully saturated rings. The fourth-order valence-electron chi connectivity index (χ4n) is 3.05. The lowest BCUT2D eigenvalue weighted by Crippen LogP contribution is -2.58. The third-order valence-electron chi connectivity index (χ3n) is 5.58. The van der Waals surface area contributed by atoms with E-state index in [1.54, 1.807) is 20.8 Å². The monoisotopic (exact) mass is 529 g/mol. The van der Waals surface area contributed by atoms with Crippen LogP contribution in [0.1, 0.15) is 53.4 Å². The van der Waals surface area contributed by atoms with E-state index in [2.05, 4.69) is 21.3 Å². The van der Waals surface area contributed by atoms with Gasteiger partial charge in [0.05, 0.1) is 19.0 Å². The summed E-state index contributed by atoms with van der Waals surface area (Å²) >= 11 is 0. The Morgan fingerprint density at radius 1 is 0.811 bits per heavy atom. The zero-order chi connectivity index (χ0) is 28.9. The lowest BCUT2D eigenvalue weighted by atomic mass is 9.99. The maximum absolute atomic E-state index is 12.9. The largest absolute Gasteiger partial charge is 0.480 e. The SMILES string of the molecule is CC[C@H](C)[C@H](N)C(=O)NCC(=O)N[C@H](C(=O)N[C@@H](CC(N)=O)C(=O)N[C@@H](CCC(N)=O)C(=O)O)C(C)C. The quantitative estimate of drug-likeness (QED) is 0.0941. The molecule has 0 heterocycles. The molecule has 37 heavy (non-hydrogen) atoms. The summed E-state index contributed by atoms with van der Waals surface area (Å²) in [7, 11) is 0. The topological polar surface area (TPSA) is 266 Å². The number of nitrogens with one attached hydrogen (secondary N) is 4. The van der Waals surface area contributed by atoms with Crippen molar-refractivity contribution < 1.29 is 38.7 Å². The van der Waals surface area contributed by atoms with Crippen molar-refractivity contribution in [1.29, 1.82) is 0 Å². The number of rotatable bonds is 17. The lowest BCUT2D eigenvalue weighted by molar-refractivity contribution is -0.142. The zero-order valence-corrected chi connectivity index (χ0v) is 21.5. The molecule has 11 N–H and O–H groups in total. The zero-order valence-electron chi connectivity index (χ0n) is 21.5. The number of aliphatic carboxylic acids is 1. The van der Waals surface area contributed by atoms with Gasteiger partial charge in [-0.3, -0.25) is 28.8 Å². The van der Waals surface area contributed by atoms with E-state index in [1.165, 1.54) is 0 Å². The maximum Gasteiger partial charge on any atom is 0.326 e. The molecule has 15 heteroatoms. The van der Waals surface area contributed by atoms with Crippen molar-refractivity contribution in [2.45, 2.75) is 77.5 Å². The number of carboxylic acid groups (broad SMARTS) is 1. The van der Waals surface area contributed by atoms with E-state index in [4.69, 9.17) is 17.2 Å². The smallest absolute Gasteiger partial charge is 0.326 e. The van der Waals surface area contributed by atoms with Gasteiger partial charge < -0.3 is 43.6 Å². The molecule has 15 nitrogen and oxygen atoms in total. The number of primary amides is 2. The van der Waals surface area contributed by atoms with Crippen molar-refractivity contribution in [3.8, 4) is 0 Å². The first-order valence-electron chi connectivity index (χ1n) is 11.8. The van der Waals surface area contributed by atoms with Crippen LogP contribution < -0.4 is 38.5 Å². The number of amides is 6. The Hall–Kier alpha value is -3.75. The second kappa shape index (κ2) is 16.1. The molecule has 0 aromatic carbocycles. The lowest BCUT2D eigenvalue weighted by Gasteiger charge is -2.26. The Morgan fingerprint density at radius 3 is 1.84 bits per heavy atom. The third kappa shape index (κ3) is 12.7. The molecule has 0 radical (unpaired) electrons.